The molecular formula is C18H24N4O5. The lowest BCUT2D eigenvalue weighted by molar-refractivity contribution is -0.145. The second-order valence-electron chi connectivity index (χ2n) is 6.15. The van der Waals surface area contributed by atoms with Crippen LogP contribution in [-0.4, -0.2) is 67.3 Å². The molecule has 9 heteroatoms. The molecule has 1 aromatic heterocycles. The van der Waals surface area contributed by atoms with Crippen LogP contribution in [0.2, 0.25) is 0 Å². The van der Waals surface area contributed by atoms with Crippen LogP contribution < -0.4 is 20.3 Å². The van der Waals surface area contributed by atoms with Crippen LogP contribution in [0.25, 0.3) is 10.9 Å². The van der Waals surface area contributed by atoms with Crippen molar-refractivity contribution in [3.63, 3.8) is 0 Å². The van der Waals surface area contributed by atoms with E-state index in [0.717, 1.165) is 6.54 Å². The third kappa shape index (κ3) is 4.04. The number of ether oxygens (including phenoxy) is 3. The van der Waals surface area contributed by atoms with Crippen molar-refractivity contribution >= 4 is 16.8 Å². The fourth-order valence-electron chi connectivity index (χ4n) is 3.04. The molecule has 2 aromatic rings. The molecule has 1 saturated heterocycles. The molecule has 0 unspecified atom stereocenters. The largest absolute Gasteiger partial charge is 0.493 e. The number of nitrogens with zero attached hydrogens (tertiary/aromatic N) is 2. The van der Waals surface area contributed by atoms with Crippen LogP contribution in [0, 0.1) is 0 Å². The first-order valence-corrected chi connectivity index (χ1v) is 8.83. The van der Waals surface area contributed by atoms with Gasteiger partial charge in [-0.15, -0.1) is 0 Å². The Morgan fingerprint density at radius 3 is 2.70 bits per heavy atom. The van der Waals surface area contributed by atoms with Crippen molar-refractivity contribution < 1.29 is 19.0 Å². The molecule has 1 aliphatic rings. The molecule has 1 fully saturated rings. The topological polar surface area (TPSA) is 106 Å². The van der Waals surface area contributed by atoms with Crippen molar-refractivity contribution in [1.29, 1.82) is 0 Å². The molecule has 1 amide bonds. The summed E-state index contributed by atoms with van der Waals surface area (Å²) in [5.41, 5.74) is 0.181. The molecule has 0 spiro atoms. The van der Waals surface area contributed by atoms with Crippen molar-refractivity contribution in [1.82, 2.24) is 20.2 Å². The number of morpholine rings is 1. The van der Waals surface area contributed by atoms with Crippen LogP contribution in [0.4, 0.5) is 0 Å². The number of hydrogen-bond donors (Lipinski definition) is 2. The molecule has 0 radical (unpaired) electrons. The van der Waals surface area contributed by atoms with Gasteiger partial charge in [0.25, 0.3) is 11.5 Å². The smallest absolute Gasteiger partial charge is 0.258 e. The van der Waals surface area contributed by atoms with Gasteiger partial charge in [0.2, 0.25) is 0 Å². The van der Waals surface area contributed by atoms with E-state index in [2.05, 4.69) is 15.3 Å². The summed E-state index contributed by atoms with van der Waals surface area (Å²) in [6.45, 7) is 4.26. The van der Waals surface area contributed by atoms with Crippen molar-refractivity contribution in [2.24, 2.45) is 0 Å². The fraction of sp³-hybridized carbons (Fsp3) is 0.500. The second kappa shape index (κ2) is 8.36. The zero-order valence-corrected chi connectivity index (χ0v) is 15.7. The van der Waals surface area contributed by atoms with Crippen LogP contribution in [0.3, 0.4) is 0 Å². The lowest BCUT2D eigenvalue weighted by atomic mass is 10.2. The number of aromatic nitrogens is 2. The monoisotopic (exact) mass is 376 g/mol. The molecule has 2 heterocycles. The Morgan fingerprint density at radius 2 is 2.07 bits per heavy atom. The Hall–Kier alpha value is -2.65. The van der Waals surface area contributed by atoms with E-state index in [1.807, 2.05) is 6.92 Å². The van der Waals surface area contributed by atoms with Gasteiger partial charge in [0.1, 0.15) is 11.9 Å². The predicted molar refractivity (Wildman–Crippen MR) is 99.2 cm³/mol. The number of likely N-dealkylation sites (N-methyl/N-ethyl adjacent to an activating group) is 1. The zero-order valence-electron chi connectivity index (χ0n) is 15.7. The van der Waals surface area contributed by atoms with Gasteiger partial charge in [-0.1, -0.05) is 0 Å². The Kier molecular flexibility index (Phi) is 5.92. The van der Waals surface area contributed by atoms with Crippen molar-refractivity contribution in [2.75, 3.05) is 40.5 Å². The maximum Gasteiger partial charge on any atom is 0.258 e. The first-order chi connectivity index (χ1) is 13.1. The number of aromatic amines is 1. The average Bonchev–Trinajstić information content (AvgIpc) is 2.71. The van der Waals surface area contributed by atoms with Gasteiger partial charge in [-0.05, 0) is 13.0 Å². The van der Waals surface area contributed by atoms with E-state index < -0.39 is 6.10 Å². The molecule has 3 rings (SSSR count). The first kappa shape index (κ1) is 19.1. The second-order valence-corrected chi connectivity index (χ2v) is 6.15. The van der Waals surface area contributed by atoms with E-state index in [9.17, 15) is 9.59 Å². The van der Waals surface area contributed by atoms with E-state index in [0.29, 0.717) is 47.9 Å². The highest BCUT2D eigenvalue weighted by atomic mass is 16.5. The lowest BCUT2D eigenvalue weighted by Crippen LogP contribution is -2.49. The maximum atomic E-state index is 12.7. The fourth-order valence-corrected chi connectivity index (χ4v) is 3.04. The Morgan fingerprint density at radius 1 is 1.33 bits per heavy atom. The van der Waals surface area contributed by atoms with Crippen LogP contribution in [-0.2, 0) is 16.1 Å². The standard InChI is InChI=1S/C18H24N4O5/c1-4-22(18(24)15-9-19-5-6-27-15)10-16-20-12-8-14(26-3)13(25-2)7-11(12)17(23)21-16/h7-8,15,19H,4-6,9-10H2,1-3H3,(H,20,21,23)/t15-/m0/s1. The van der Waals surface area contributed by atoms with Crippen LogP contribution in [0.1, 0.15) is 12.7 Å². The SMILES string of the molecule is CCN(Cc1nc2cc(OC)c(OC)cc2c(=O)[nH]1)C(=O)[C@@H]1CNCCO1. The Bertz CT molecular complexity index is 876. The Labute approximate surface area is 156 Å². The molecule has 1 aliphatic heterocycles. The summed E-state index contributed by atoms with van der Waals surface area (Å²) in [5, 5.41) is 3.54. The normalized spacial score (nSPS) is 16.9. The number of fused-ring (bicyclic) bond motifs is 1. The van der Waals surface area contributed by atoms with E-state index in [-0.39, 0.29) is 18.0 Å². The van der Waals surface area contributed by atoms with Gasteiger partial charge in [-0.25, -0.2) is 4.98 Å². The number of nitrogens with one attached hydrogen (secondary N) is 2. The summed E-state index contributed by atoms with van der Waals surface area (Å²) in [6.07, 6.45) is -0.518. The summed E-state index contributed by atoms with van der Waals surface area (Å²) in [5.74, 6) is 1.22. The van der Waals surface area contributed by atoms with Crippen LogP contribution >= 0.6 is 0 Å². The van der Waals surface area contributed by atoms with Gasteiger partial charge >= 0.3 is 0 Å². The van der Waals surface area contributed by atoms with E-state index in [1.165, 1.54) is 14.2 Å². The minimum Gasteiger partial charge on any atom is -0.493 e. The van der Waals surface area contributed by atoms with Crippen LogP contribution in [0.5, 0.6) is 11.5 Å². The highest BCUT2D eigenvalue weighted by molar-refractivity contribution is 5.82. The third-order valence-electron chi connectivity index (χ3n) is 4.50. The molecule has 1 atom stereocenters. The molecular weight excluding hydrogens is 352 g/mol. The van der Waals surface area contributed by atoms with Gasteiger partial charge in [-0.3, -0.25) is 9.59 Å². The number of benzene rings is 1. The van der Waals surface area contributed by atoms with Gasteiger partial charge in [0.05, 0.1) is 38.3 Å². The number of H-pyrrole nitrogens is 1. The number of carbonyl (C=O) groups is 1. The zero-order chi connectivity index (χ0) is 19.4. The van der Waals surface area contributed by atoms with Gasteiger partial charge in [0, 0.05) is 25.7 Å². The summed E-state index contributed by atoms with van der Waals surface area (Å²) in [6, 6.07) is 3.24. The third-order valence-corrected chi connectivity index (χ3v) is 4.50. The predicted octanol–water partition coefficient (Wildman–Crippen LogP) is 0.277. The molecule has 1 aromatic carbocycles. The van der Waals surface area contributed by atoms with Crippen LogP contribution in [0.15, 0.2) is 16.9 Å². The number of carbonyl (C=O) groups excluding carboxylic acids is 1. The summed E-state index contributed by atoms with van der Waals surface area (Å²) in [4.78, 5) is 34.0. The maximum absolute atomic E-state index is 12.7. The number of methoxy groups -OCH3 is 2. The molecule has 0 aliphatic carbocycles. The lowest BCUT2D eigenvalue weighted by Gasteiger charge is -2.28. The number of rotatable bonds is 6. The molecule has 27 heavy (non-hydrogen) atoms. The van der Waals surface area contributed by atoms with E-state index in [4.69, 9.17) is 14.2 Å². The summed E-state index contributed by atoms with van der Waals surface area (Å²) in [7, 11) is 3.03. The first-order valence-electron chi connectivity index (χ1n) is 8.83. The quantitative estimate of drug-likeness (QED) is 0.746. The van der Waals surface area contributed by atoms with E-state index in [1.54, 1.807) is 17.0 Å². The molecule has 9 nitrogen and oxygen atoms in total. The molecule has 0 bridgehead atoms. The summed E-state index contributed by atoms with van der Waals surface area (Å²) >= 11 is 0. The molecule has 2 N–H and O–H groups in total. The van der Waals surface area contributed by atoms with Crippen molar-refractivity contribution in [3.8, 4) is 11.5 Å². The highest BCUT2D eigenvalue weighted by Gasteiger charge is 2.26. The minimum absolute atomic E-state index is 0.125. The van der Waals surface area contributed by atoms with Crippen molar-refractivity contribution in [3.05, 3.63) is 28.3 Å². The van der Waals surface area contributed by atoms with Gasteiger partial charge in [-0.2, -0.15) is 0 Å². The van der Waals surface area contributed by atoms with Gasteiger partial charge < -0.3 is 29.4 Å². The summed E-state index contributed by atoms with van der Waals surface area (Å²) < 4.78 is 16.0. The van der Waals surface area contributed by atoms with Crippen molar-refractivity contribution in [2.45, 2.75) is 19.6 Å². The van der Waals surface area contributed by atoms with E-state index >= 15 is 0 Å². The highest BCUT2D eigenvalue weighted by Crippen LogP contribution is 2.29. The number of hydrogen-bond acceptors (Lipinski definition) is 7. The Balaban J connectivity index is 1.89. The number of amides is 1. The molecule has 0 saturated carbocycles. The average molecular weight is 376 g/mol. The minimum atomic E-state index is -0.518. The molecule has 146 valence electrons. The van der Waals surface area contributed by atoms with Gasteiger partial charge in [0.15, 0.2) is 11.5 Å².